The molecule has 0 saturated carbocycles. The molecule has 1 aromatic carbocycles. The van der Waals surface area contributed by atoms with Crippen molar-refractivity contribution in [2.75, 3.05) is 13.2 Å². The summed E-state index contributed by atoms with van der Waals surface area (Å²) in [6.07, 6.45) is 0.729. The SMILES string of the molecule is O=C1OC[C@@H](Cc2ccccc2)N1C(=O)[C@@H](Br)[C@@H]1CC[C@@H](CO)O1. The van der Waals surface area contributed by atoms with Crippen LogP contribution in [-0.2, 0) is 20.7 Å². The van der Waals surface area contributed by atoms with Crippen molar-refractivity contribution in [1.82, 2.24) is 4.90 Å². The Balaban J connectivity index is 1.68. The second-order valence-electron chi connectivity index (χ2n) is 6.09. The smallest absolute Gasteiger partial charge is 0.417 e. The number of benzene rings is 1. The molecule has 2 aliphatic heterocycles. The van der Waals surface area contributed by atoms with Gasteiger partial charge in [-0.05, 0) is 24.8 Å². The van der Waals surface area contributed by atoms with Crippen molar-refractivity contribution >= 4 is 27.9 Å². The molecule has 2 aliphatic rings. The molecule has 2 amide bonds. The van der Waals surface area contributed by atoms with Crippen molar-refractivity contribution in [1.29, 1.82) is 0 Å². The maximum atomic E-state index is 12.8. The third-order valence-corrected chi connectivity index (χ3v) is 5.40. The monoisotopic (exact) mass is 397 g/mol. The number of aliphatic hydroxyl groups is 1. The first-order chi connectivity index (χ1) is 11.6. The fourth-order valence-electron chi connectivity index (χ4n) is 3.14. The molecule has 1 N–H and O–H groups in total. The Hall–Kier alpha value is -1.44. The van der Waals surface area contributed by atoms with Gasteiger partial charge in [-0.25, -0.2) is 9.69 Å². The van der Waals surface area contributed by atoms with E-state index >= 15 is 0 Å². The van der Waals surface area contributed by atoms with Crippen LogP contribution in [0.1, 0.15) is 18.4 Å². The van der Waals surface area contributed by atoms with Crippen molar-refractivity contribution in [2.24, 2.45) is 0 Å². The number of halogens is 1. The molecule has 1 aromatic rings. The molecule has 0 spiro atoms. The maximum Gasteiger partial charge on any atom is 0.417 e. The van der Waals surface area contributed by atoms with Crippen molar-refractivity contribution in [3.63, 3.8) is 0 Å². The summed E-state index contributed by atoms with van der Waals surface area (Å²) < 4.78 is 10.7. The summed E-state index contributed by atoms with van der Waals surface area (Å²) in [4.78, 5) is 25.4. The lowest BCUT2D eigenvalue weighted by Gasteiger charge is -2.25. The van der Waals surface area contributed by atoms with Gasteiger partial charge in [-0.2, -0.15) is 0 Å². The Bertz CT molecular complexity index is 596. The second kappa shape index (κ2) is 7.63. The average Bonchev–Trinajstić information content (AvgIpc) is 3.21. The number of amides is 2. The Morgan fingerprint density at radius 1 is 1.33 bits per heavy atom. The molecule has 2 heterocycles. The van der Waals surface area contributed by atoms with Crippen LogP contribution in [0.5, 0.6) is 0 Å². The zero-order valence-corrected chi connectivity index (χ0v) is 14.7. The van der Waals surface area contributed by atoms with Gasteiger partial charge in [0, 0.05) is 0 Å². The number of carbonyl (C=O) groups is 2. The molecular weight excluding hydrogens is 378 g/mol. The van der Waals surface area contributed by atoms with Gasteiger partial charge in [0.2, 0.25) is 5.91 Å². The van der Waals surface area contributed by atoms with Crippen molar-refractivity contribution in [3.05, 3.63) is 35.9 Å². The molecule has 3 rings (SSSR count). The summed E-state index contributed by atoms with van der Waals surface area (Å²) in [6.45, 7) is 0.136. The van der Waals surface area contributed by atoms with Crippen molar-refractivity contribution in [3.8, 4) is 0 Å². The first-order valence-corrected chi connectivity index (χ1v) is 8.96. The number of alkyl halides is 1. The fraction of sp³-hybridized carbons (Fsp3) is 0.529. The van der Waals surface area contributed by atoms with Crippen LogP contribution in [-0.4, -0.2) is 58.3 Å². The van der Waals surface area contributed by atoms with Gasteiger partial charge in [0.25, 0.3) is 0 Å². The van der Waals surface area contributed by atoms with Gasteiger partial charge in [-0.3, -0.25) is 4.79 Å². The first kappa shape index (κ1) is 17.4. The van der Waals surface area contributed by atoms with Crippen LogP contribution in [0.15, 0.2) is 30.3 Å². The van der Waals surface area contributed by atoms with Gasteiger partial charge in [0.15, 0.2) is 0 Å². The molecule has 7 heteroatoms. The van der Waals surface area contributed by atoms with Crippen molar-refractivity contribution < 1.29 is 24.2 Å². The van der Waals surface area contributed by atoms with Gasteiger partial charge in [-0.15, -0.1) is 0 Å². The minimum atomic E-state index is -0.627. The van der Waals surface area contributed by atoms with Crippen LogP contribution in [0.2, 0.25) is 0 Å². The Labute approximate surface area is 148 Å². The highest BCUT2D eigenvalue weighted by Crippen LogP contribution is 2.29. The predicted octanol–water partition coefficient (Wildman–Crippen LogP) is 1.88. The van der Waals surface area contributed by atoms with Gasteiger partial charge in [0.05, 0.1) is 24.9 Å². The zero-order valence-electron chi connectivity index (χ0n) is 13.1. The lowest BCUT2D eigenvalue weighted by atomic mass is 10.0. The molecule has 130 valence electrons. The largest absolute Gasteiger partial charge is 0.447 e. The van der Waals surface area contributed by atoms with Gasteiger partial charge in [0.1, 0.15) is 11.4 Å². The van der Waals surface area contributed by atoms with Gasteiger partial charge in [-0.1, -0.05) is 46.3 Å². The quantitative estimate of drug-likeness (QED) is 0.767. The average molecular weight is 398 g/mol. The molecule has 6 nitrogen and oxygen atoms in total. The molecule has 2 fully saturated rings. The molecule has 0 unspecified atom stereocenters. The highest BCUT2D eigenvalue weighted by molar-refractivity contribution is 9.10. The number of nitrogens with zero attached hydrogens (tertiary/aromatic N) is 1. The summed E-state index contributed by atoms with van der Waals surface area (Å²) in [5.74, 6) is -0.345. The molecule has 4 atom stereocenters. The summed E-state index contributed by atoms with van der Waals surface area (Å²) in [5.41, 5.74) is 1.04. The maximum absolute atomic E-state index is 12.8. The van der Waals surface area contributed by atoms with Crippen LogP contribution in [0.25, 0.3) is 0 Å². The van der Waals surface area contributed by atoms with E-state index in [0.29, 0.717) is 19.3 Å². The Morgan fingerprint density at radius 2 is 2.08 bits per heavy atom. The first-order valence-electron chi connectivity index (χ1n) is 8.04. The third-order valence-electron chi connectivity index (χ3n) is 4.42. The number of carbonyl (C=O) groups excluding carboxylic acids is 2. The highest BCUT2D eigenvalue weighted by atomic mass is 79.9. The highest BCUT2D eigenvalue weighted by Gasteiger charge is 2.44. The van der Waals surface area contributed by atoms with E-state index < -0.39 is 10.9 Å². The summed E-state index contributed by atoms with van der Waals surface area (Å²) in [5, 5.41) is 9.15. The molecule has 24 heavy (non-hydrogen) atoms. The number of aliphatic hydroxyl groups excluding tert-OH is 1. The predicted molar refractivity (Wildman–Crippen MR) is 89.8 cm³/mol. The zero-order chi connectivity index (χ0) is 17.1. The topological polar surface area (TPSA) is 76.1 Å². The van der Waals surface area contributed by atoms with E-state index in [9.17, 15) is 9.59 Å². The normalized spacial score (nSPS) is 28.0. The number of cyclic esters (lactones) is 1. The van der Waals surface area contributed by atoms with Crippen molar-refractivity contribution in [2.45, 2.75) is 42.3 Å². The van der Waals surface area contributed by atoms with Crippen LogP contribution in [0, 0.1) is 0 Å². The van der Waals surface area contributed by atoms with E-state index in [1.54, 1.807) is 0 Å². The van der Waals surface area contributed by atoms with Crippen LogP contribution in [0.3, 0.4) is 0 Å². The van der Waals surface area contributed by atoms with Gasteiger partial charge >= 0.3 is 6.09 Å². The minimum absolute atomic E-state index is 0.0627. The number of hydrogen-bond donors (Lipinski definition) is 1. The van der Waals surface area contributed by atoms with Gasteiger partial charge < -0.3 is 14.6 Å². The third kappa shape index (κ3) is 3.63. The van der Waals surface area contributed by atoms with Crippen LogP contribution >= 0.6 is 15.9 Å². The van der Waals surface area contributed by atoms with Crippen LogP contribution < -0.4 is 0 Å². The number of ether oxygens (including phenoxy) is 2. The van der Waals surface area contributed by atoms with E-state index in [2.05, 4.69) is 15.9 Å². The van der Waals surface area contributed by atoms with E-state index in [1.165, 1.54) is 4.90 Å². The van der Waals surface area contributed by atoms with E-state index in [-0.39, 0.29) is 37.4 Å². The number of rotatable bonds is 5. The van der Waals surface area contributed by atoms with E-state index in [4.69, 9.17) is 14.6 Å². The summed E-state index contributed by atoms with van der Waals surface area (Å²) in [7, 11) is 0. The Morgan fingerprint density at radius 3 is 2.75 bits per heavy atom. The molecule has 2 saturated heterocycles. The molecule has 0 bridgehead atoms. The lowest BCUT2D eigenvalue weighted by molar-refractivity contribution is -0.131. The Kier molecular flexibility index (Phi) is 5.53. The molecular formula is C17H20BrNO5. The lowest BCUT2D eigenvalue weighted by Crippen LogP contribution is -2.47. The number of imide groups is 1. The molecule has 0 radical (unpaired) electrons. The second-order valence-corrected chi connectivity index (χ2v) is 7.07. The standard InChI is InChI=1S/C17H20BrNO5/c18-15(14-7-6-13(9-20)24-14)16(21)19-12(10-23-17(19)22)8-11-4-2-1-3-5-11/h1-5,12-15,20H,6-10H2/t12-,13+,14+,15+/m1/s1. The summed E-state index contributed by atoms with van der Waals surface area (Å²) in [6, 6.07) is 9.38. The van der Waals surface area contributed by atoms with E-state index in [0.717, 1.165) is 5.56 Å². The molecule has 0 aromatic heterocycles. The number of hydrogen-bond acceptors (Lipinski definition) is 5. The summed E-state index contributed by atoms with van der Waals surface area (Å²) >= 11 is 3.37. The molecule has 0 aliphatic carbocycles. The minimum Gasteiger partial charge on any atom is -0.447 e. The van der Waals surface area contributed by atoms with Crippen LogP contribution in [0.4, 0.5) is 4.79 Å². The van der Waals surface area contributed by atoms with E-state index in [1.807, 2.05) is 30.3 Å². The fourth-order valence-corrected chi connectivity index (χ4v) is 3.75.